The first-order valence-corrected chi connectivity index (χ1v) is 6.72. The number of hydrogen-bond acceptors (Lipinski definition) is 5. The maximum absolute atomic E-state index is 11.8. The minimum Gasteiger partial charge on any atom is -0.399 e. The monoisotopic (exact) mass is 255 g/mol. The average Bonchev–Trinajstić information content (AvgIpc) is 2.75. The normalized spacial score (nSPS) is 11.2. The third kappa shape index (κ3) is 2.31. The van der Waals surface area contributed by atoms with Gasteiger partial charge in [-0.1, -0.05) is 0 Å². The Bertz CT molecular complexity index is 561. The molecular weight excluding hydrogens is 246 g/mol. The number of benzene rings is 1. The molecule has 1 aromatic heterocycles. The third-order valence-corrected chi connectivity index (χ3v) is 4.38. The molecule has 0 atom stereocenters. The molecule has 1 aromatic carbocycles. The molecule has 3 N–H and O–H groups in total. The molecule has 0 aliphatic rings. The van der Waals surface area contributed by atoms with E-state index in [-0.39, 0.29) is 4.34 Å². The van der Waals surface area contributed by atoms with E-state index in [2.05, 4.69) is 9.71 Å². The lowest BCUT2D eigenvalue weighted by Crippen LogP contribution is -2.12. The number of hydrogen-bond donors (Lipinski definition) is 2. The van der Waals surface area contributed by atoms with E-state index >= 15 is 0 Å². The lowest BCUT2D eigenvalue weighted by molar-refractivity contribution is 0.600. The summed E-state index contributed by atoms with van der Waals surface area (Å²) in [6, 6.07) is 6.44. The van der Waals surface area contributed by atoms with Gasteiger partial charge in [0.25, 0.3) is 10.0 Å². The fourth-order valence-electron chi connectivity index (χ4n) is 1.09. The molecule has 84 valence electrons. The molecule has 0 saturated carbocycles. The number of anilines is 2. The quantitative estimate of drug-likeness (QED) is 0.814. The first kappa shape index (κ1) is 10.9. The van der Waals surface area contributed by atoms with Gasteiger partial charge in [-0.15, -0.1) is 11.3 Å². The molecule has 5 nitrogen and oxygen atoms in total. The van der Waals surface area contributed by atoms with Crippen LogP contribution in [0.5, 0.6) is 0 Å². The molecule has 7 heteroatoms. The zero-order valence-corrected chi connectivity index (χ0v) is 9.75. The van der Waals surface area contributed by atoms with Crippen LogP contribution in [0.1, 0.15) is 0 Å². The highest BCUT2D eigenvalue weighted by Gasteiger charge is 2.16. The minimum atomic E-state index is -3.57. The summed E-state index contributed by atoms with van der Waals surface area (Å²) in [5.41, 5.74) is 6.54. The molecule has 0 aliphatic heterocycles. The van der Waals surface area contributed by atoms with Gasteiger partial charge in [0.2, 0.25) is 4.34 Å². The third-order valence-electron chi connectivity index (χ3n) is 1.80. The van der Waals surface area contributed by atoms with Gasteiger partial charge in [0.15, 0.2) is 0 Å². The van der Waals surface area contributed by atoms with Gasteiger partial charge in [0.05, 0.1) is 0 Å². The lowest BCUT2D eigenvalue weighted by atomic mass is 10.3. The molecule has 0 bridgehead atoms. The topological polar surface area (TPSA) is 85.1 Å². The summed E-state index contributed by atoms with van der Waals surface area (Å²) in [4.78, 5) is 3.74. The molecule has 0 unspecified atom stereocenters. The highest BCUT2D eigenvalue weighted by Crippen LogP contribution is 2.18. The van der Waals surface area contributed by atoms with Gasteiger partial charge in [-0.3, -0.25) is 4.72 Å². The van der Waals surface area contributed by atoms with Crippen molar-refractivity contribution in [2.75, 3.05) is 10.5 Å². The number of nitrogens with zero attached hydrogens (tertiary/aromatic N) is 1. The number of nitrogens with two attached hydrogens (primary N) is 1. The first-order chi connectivity index (χ1) is 7.58. The van der Waals surface area contributed by atoms with Crippen molar-refractivity contribution in [2.24, 2.45) is 0 Å². The molecule has 0 saturated heterocycles. The minimum absolute atomic E-state index is 0.0457. The van der Waals surface area contributed by atoms with E-state index < -0.39 is 10.0 Å². The van der Waals surface area contributed by atoms with Crippen LogP contribution in [0, 0.1) is 0 Å². The van der Waals surface area contributed by atoms with E-state index in [9.17, 15) is 8.42 Å². The Kier molecular flexibility index (Phi) is 2.80. The van der Waals surface area contributed by atoms with Crippen molar-refractivity contribution in [3.8, 4) is 0 Å². The highest BCUT2D eigenvalue weighted by atomic mass is 32.2. The lowest BCUT2D eigenvalue weighted by Gasteiger charge is -2.05. The van der Waals surface area contributed by atoms with Crippen LogP contribution in [0.4, 0.5) is 11.4 Å². The summed E-state index contributed by atoms with van der Waals surface area (Å²) >= 11 is 1.07. The van der Waals surface area contributed by atoms with E-state index in [4.69, 9.17) is 5.73 Å². The SMILES string of the molecule is Nc1ccc(NS(=O)(=O)c2nccs2)cc1. The summed E-state index contributed by atoms with van der Waals surface area (Å²) in [5, 5.41) is 1.61. The maximum Gasteiger partial charge on any atom is 0.289 e. The second kappa shape index (κ2) is 4.11. The highest BCUT2D eigenvalue weighted by molar-refractivity contribution is 7.94. The molecule has 0 fully saturated rings. The fraction of sp³-hybridized carbons (Fsp3) is 0. The zero-order valence-electron chi connectivity index (χ0n) is 8.12. The Hall–Kier alpha value is -1.60. The van der Waals surface area contributed by atoms with Crippen molar-refractivity contribution in [1.29, 1.82) is 0 Å². The average molecular weight is 255 g/mol. The summed E-state index contributed by atoms with van der Waals surface area (Å²) in [6.07, 6.45) is 1.45. The Morgan fingerprint density at radius 2 is 1.94 bits per heavy atom. The number of thiazole rings is 1. The van der Waals surface area contributed by atoms with Crippen molar-refractivity contribution in [3.63, 3.8) is 0 Å². The van der Waals surface area contributed by atoms with Gasteiger partial charge in [-0.05, 0) is 24.3 Å². The Morgan fingerprint density at radius 3 is 2.50 bits per heavy atom. The van der Waals surface area contributed by atoms with Crippen LogP contribution < -0.4 is 10.5 Å². The van der Waals surface area contributed by atoms with Crippen molar-refractivity contribution < 1.29 is 8.42 Å². The summed E-state index contributed by atoms with van der Waals surface area (Å²) < 4.78 is 26.0. The van der Waals surface area contributed by atoms with E-state index in [0.717, 1.165) is 11.3 Å². The molecule has 16 heavy (non-hydrogen) atoms. The number of rotatable bonds is 3. The number of aromatic nitrogens is 1. The Morgan fingerprint density at radius 1 is 1.25 bits per heavy atom. The molecule has 0 radical (unpaired) electrons. The van der Waals surface area contributed by atoms with Gasteiger partial charge in [0, 0.05) is 23.0 Å². The van der Waals surface area contributed by atoms with E-state index in [1.165, 1.54) is 6.20 Å². The predicted octanol–water partition coefficient (Wildman–Crippen LogP) is 1.53. The van der Waals surface area contributed by atoms with E-state index in [1.807, 2.05) is 0 Å². The largest absolute Gasteiger partial charge is 0.399 e. The molecular formula is C9H9N3O2S2. The summed E-state index contributed by atoms with van der Waals surface area (Å²) in [6.45, 7) is 0. The molecule has 2 aromatic rings. The van der Waals surface area contributed by atoms with Crippen LogP contribution in [0.25, 0.3) is 0 Å². The number of nitrogen functional groups attached to an aromatic ring is 1. The second-order valence-corrected chi connectivity index (χ2v) is 5.78. The van der Waals surface area contributed by atoms with Crippen molar-refractivity contribution in [3.05, 3.63) is 35.8 Å². The van der Waals surface area contributed by atoms with Crippen LogP contribution in [-0.2, 0) is 10.0 Å². The van der Waals surface area contributed by atoms with Gasteiger partial charge in [-0.25, -0.2) is 4.98 Å². The summed E-state index contributed by atoms with van der Waals surface area (Å²) in [5.74, 6) is 0. The zero-order chi connectivity index (χ0) is 11.6. The number of sulfonamides is 1. The van der Waals surface area contributed by atoms with Crippen molar-refractivity contribution in [1.82, 2.24) is 4.98 Å². The molecule has 0 amide bonds. The van der Waals surface area contributed by atoms with E-state index in [0.29, 0.717) is 11.4 Å². The van der Waals surface area contributed by atoms with Gasteiger partial charge >= 0.3 is 0 Å². The second-order valence-electron chi connectivity index (χ2n) is 3.03. The molecule has 0 spiro atoms. The van der Waals surface area contributed by atoms with Crippen molar-refractivity contribution in [2.45, 2.75) is 4.34 Å². The van der Waals surface area contributed by atoms with E-state index in [1.54, 1.807) is 29.6 Å². The van der Waals surface area contributed by atoms with Gasteiger partial charge in [0.1, 0.15) is 0 Å². The van der Waals surface area contributed by atoms with Crippen LogP contribution in [0.15, 0.2) is 40.2 Å². The molecule has 0 aliphatic carbocycles. The van der Waals surface area contributed by atoms with Crippen LogP contribution in [0.2, 0.25) is 0 Å². The first-order valence-electron chi connectivity index (χ1n) is 4.36. The predicted molar refractivity (Wildman–Crippen MR) is 63.8 cm³/mol. The number of nitrogens with one attached hydrogen (secondary N) is 1. The Labute approximate surface area is 97.0 Å². The summed E-state index contributed by atoms with van der Waals surface area (Å²) in [7, 11) is -3.57. The standard InChI is InChI=1S/C9H9N3O2S2/c10-7-1-3-8(4-2-7)12-16(13,14)9-11-5-6-15-9/h1-6,12H,10H2. The molecule has 2 rings (SSSR count). The maximum atomic E-state index is 11.8. The van der Waals surface area contributed by atoms with Crippen molar-refractivity contribution >= 4 is 32.7 Å². The fourth-order valence-corrected chi connectivity index (χ4v) is 2.98. The van der Waals surface area contributed by atoms with Crippen LogP contribution in [0.3, 0.4) is 0 Å². The smallest absolute Gasteiger partial charge is 0.289 e. The molecule has 1 heterocycles. The van der Waals surface area contributed by atoms with Crippen LogP contribution >= 0.6 is 11.3 Å². The Balaban J connectivity index is 2.25. The van der Waals surface area contributed by atoms with Crippen LogP contribution in [-0.4, -0.2) is 13.4 Å². The van der Waals surface area contributed by atoms with Gasteiger partial charge in [-0.2, -0.15) is 8.42 Å². The van der Waals surface area contributed by atoms with Gasteiger partial charge < -0.3 is 5.73 Å².